The van der Waals surface area contributed by atoms with Gasteiger partial charge in [0.2, 0.25) is 0 Å². The van der Waals surface area contributed by atoms with E-state index in [1.807, 2.05) is 0 Å². The topological polar surface area (TPSA) is 82.1 Å². The van der Waals surface area contributed by atoms with Crippen molar-refractivity contribution in [3.8, 4) is 0 Å². The first-order chi connectivity index (χ1) is 10.7. The molecule has 0 rings (SSSR count). The van der Waals surface area contributed by atoms with E-state index in [0.29, 0.717) is 45.7 Å². The van der Waals surface area contributed by atoms with E-state index in [1.54, 1.807) is 0 Å². The molecule has 130 valence electrons. The first kappa shape index (κ1) is 20.9. The first-order valence-electron chi connectivity index (χ1n) is 8.19. The zero-order valence-electron chi connectivity index (χ0n) is 13.7. The van der Waals surface area contributed by atoms with Gasteiger partial charge in [0.1, 0.15) is 0 Å². The molecule has 0 aliphatic heterocycles. The molecule has 0 heterocycles. The average Bonchev–Trinajstić information content (AvgIpc) is 2.49. The van der Waals surface area contributed by atoms with Gasteiger partial charge in [-0.25, -0.2) is 0 Å². The van der Waals surface area contributed by atoms with Crippen LogP contribution in [0, 0.1) is 0 Å². The molecule has 0 saturated carbocycles. The SMILES string of the molecule is CCCCOCCOCCCCOC(=O)CCCCC(=O)O. The molecule has 0 atom stereocenters. The summed E-state index contributed by atoms with van der Waals surface area (Å²) in [7, 11) is 0. The summed E-state index contributed by atoms with van der Waals surface area (Å²) in [6, 6.07) is 0. The lowest BCUT2D eigenvalue weighted by Crippen LogP contribution is -2.08. The number of aliphatic carboxylic acids is 1. The second-order valence-corrected chi connectivity index (χ2v) is 5.11. The van der Waals surface area contributed by atoms with Crippen LogP contribution in [0.2, 0.25) is 0 Å². The second-order valence-electron chi connectivity index (χ2n) is 5.11. The molecule has 0 aromatic heterocycles. The Morgan fingerprint density at radius 2 is 1.36 bits per heavy atom. The summed E-state index contributed by atoms with van der Waals surface area (Å²) in [6.07, 6.45) is 5.32. The number of carbonyl (C=O) groups excluding carboxylic acids is 1. The van der Waals surface area contributed by atoms with Crippen LogP contribution in [0.25, 0.3) is 0 Å². The predicted octanol–water partition coefficient (Wildman–Crippen LogP) is 2.79. The van der Waals surface area contributed by atoms with Crippen LogP contribution in [0.3, 0.4) is 0 Å². The van der Waals surface area contributed by atoms with E-state index in [0.717, 1.165) is 32.3 Å². The highest BCUT2D eigenvalue weighted by Crippen LogP contribution is 2.02. The van der Waals surface area contributed by atoms with Crippen LogP contribution in [0.15, 0.2) is 0 Å². The van der Waals surface area contributed by atoms with Gasteiger partial charge >= 0.3 is 11.9 Å². The van der Waals surface area contributed by atoms with Crippen LogP contribution in [0.5, 0.6) is 0 Å². The number of hydrogen-bond acceptors (Lipinski definition) is 5. The van der Waals surface area contributed by atoms with Crippen molar-refractivity contribution in [3.63, 3.8) is 0 Å². The number of carboxylic acid groups (broad SMARTS) is 1. The highest BCUT2D eigenvalue weighted by atomic mass is 16.5. The van der Waals surface area contributed by atoms with Crippen molar-refractivity contribution in [3.05, 3.63) is 0 Å². The maximum atomic E-state index is 11.3. The van der Waals surface area contributed by atoms with Gasteiger partial charge in [0.15, 0.2) is 0 Å². The monoisotopic (exact) mass is 318 g/mol. The fourth-order valence-corrected chi connectivity index (χ4v) is 1.68. The van der Waals surface area contributed by atoms with Gasteiger partial charge in [-0.2, -0.15) is 0 Å². The molecule has 0 unspecified atom stereocenters. The molecule has 0 amide bonds. The van der Waals surface area contributed by atoms with Crippen molar-refractivity contribution in [2.75, 3.05) is 33.0 Å². The van der Waals surface area contributed by atoms with Crippen LogP contribution in [0.1, 0.15) is 58.3 Å². The van der Waals surface area contributed by atoms with E-state index in [4.69, 9.17) is 19.3 Å². The Kier molecular flexibility index (Phi) is 15.4. The Hall–Kier alpha value is -1.14. The molecule has 0 aromatic carbocycles. The standard InChI is InChI=1S/C16H30O6/c1-2-3-10-20-13-14-21-11-6-7-12-22-16(19)9-5-4-8-15(17)18/h2-14H2,1H3,(H,17,18). The number of carbonyl (C=O) groups is 2. The van der Waals surface area contributed by atoms with E-state index in [2.05, 4.69) is 6.92 Å². The summed E-state index contributed by atoms with van der Waals surface area (Å²) in [5.74, 6) is -1.08. The molecule has 0 aliphatic carbocycles. The van der Waals surface area contributed by atoms with Gasteiger partial charge in [0, 0.05) is 26.1 Å². The normalized spacial score (nSPS) is 10.6. The van der Waals surface area contributed by atoms with Crippen molar-refractivity contribution >= 4 is 11.9 Å². The van der Waals surface area contributed by atoms with Crippen LogP contribution in [-0.2, 0) is 23.8 Å². The highest BCUT2D eigenvalue weighted by molar-refractivity contribution is 5.69. The van der Waals surface area contributed by atoms with Gasteiger partial charge in [0.25, 0.3) is 0 Å². The zero-order chi connectivity index (χ0) is 16.5. The molecule has 0 aromatic rings. The molecule has 22 heavy (non-hydrogen) atoms. The quantitative estimate of drug-likeness (QED) is 0.348. The minimum Gasteiger partial charge on any atom is -0.481 e. The van der Waals surface area contributed by atoms with E-state index in [9.17, 15) is 9.59 Å². The van der Waals surface area contributed by atoms with Gasteiger partial charge in [-0.05, 0) is 32.1 Å². The van der Waals surface area contributed by atoms with E-state index < -0.39 is 5.97 Å². The number of unbranched alkanes of at least 4 members (excludes halogenated alkanes) is 3. The fourth-order valence-electron chi connectivity index (χ4n) is 1.68. The molecule has 0 spiro atoms. The second kappa shape index (κ2) is 16.2. The smallest absolute Gasteiger partial charge is 0.305 e. The third kappa shape index (κ3) is 16.9. The summed E-state index contributed by atoms with van der Waals surface area (Å²) in [5.41, 5.74) is 0. The van der Waals surface area contributed by atoms with Crippen LogP contribution < -0.4 is 0 Å². The van der Waals surface area contributed by atoms with Crippen LogP contribution in [-0.4, -0.2) is 50.1 Å². The van der Waals surface area contributed by atoms with Gasteiger partial charge in [-0.15, -0.1) is 0 Å². The van der Waals surface area contributed by atoms with E-state index in [1.165, 1.54) is 0 Å². The number of carboxylic acids is 1. The maximum Gasteiger partial charge on any atom is 0.305 e. The van der Waals surface area contributed by atoms with Crippen molar-refractivity contribution in [2.45, 2.75) is 58.3 Å². The molecular formula is C16H30O6. The van der Waals surface area contributed by atoms with E-state index in [-0.39, 0.29) is 12.4 Å². The van der Waals surface area contributed by atoms with Gasteiger partial charge in [0.05, 0.1) is 19.8 Å². The summed E-state index contributed by atoms with van der Waals surface area (Å²) in [4.78, 5) is 21.6. The Morgan fingerprint density at radius 3 is 2.00 bits per heavy atom. The van der Waals surface area contributed by atoms with E-state index >= 15 is 0 Å². The molecule has 0 bridgehead atoms. The van der Waals surface area contributed by atoms with Crippen molar-refractivity contribution < 1.29 is 28.9 Å². The van der Waals surface area contributed by atoms with Crippen molar-refractivity contribution in [1.82, 2.24) is 0 Å². The molecule has 6 nitrogen and oxygen atoms in total. The Morgan fingerprint density at radius 1 is 0.773 bits per heavy atom. The first-order valence-corrected chi connectivity index (χ1v) is 8.19. The molecule has 0 aliphatic rings. The fraction of sp³-hybridized carbons (Fsp3) is 0.875. The highest BCUT2D eigenvalue weighted by Gasteiger charge is 2.03. The summed E-state index contributed by atoms with van der Waals surface area (Å²) in [6.45, 7) is 5.20. The average molecular weight is 318 g/mol. The lowest BCUT2D eigenvalue weighted by molar-refractivity contribution is -0.144. The third-order valence-electron chi connectivity index (χ3n) is 2.98. The molecular weight excluding hydrogens is 288 g/mol. The summed E-state index contributed by atoms with van der Waals surface area (Å²) >= 11 is 0. The number of esters is 1. The molecule has 0 saturated heterocycles. The van der Waals surface area contributed by atoms with Gasteiger partial charge in [-0.3, -0.25) is 9.59 Å². The minimum atomic E-state index is -0.830. The molecule has 0 radical (unpaired) electrons. The Balaban J connectivity index is 3.15. The predicted molar refractivity (Wildman–Crippen MR) is 82.8 cm³/mol. The third-order valence-corrected chi connectivity index (χ3v) is 2.98. The zero-order valence-corrected chi connectivity index (χ0v) is 13.7. The Labute approximate surface area is 133 Å². The Bertz CT molecular complexity index is 280. The molecule has 0 fully saturated rings. The summed E-state index contributed by atoms with van der Waals surface area (Å²) in [5, 5.41) is 8.46. The number of hydrogen-bond donors (Lipinski definition) is 1. The van der Waals surface area contributed by atoms with Crippen molar-refractivity contribution in [2.24, 2.45) is 0 Å². The minimum absolute atomic E-state index is 0.104. The van der Waals surface area contributed by atoms with Crippen LogP contribution >= 0.6 is 0 Å². The number of ether oxygens (including phenoxy) is 3. The lowest BCUT2D eigenvalue weighted by atomic mass is 10.2. The maximum absolute atomic E-state index is 11.3. The molecule has 6 heteroatoms. The molecule has 1 N–H and O–H groups in total. The largest absolute Gasteiger partial charge is 0.481 e. The van der Waals surface area contributed by atoms with Gasteiger partial charge < -0.3 is 19.3 Å². The number of rotatable bonds is 16. The van der Waals surface area contributed by atoms with Crippen LogP contribution in [0.4, 0.5) is 0 Å². The van der Waals surface area contributed by atoms with Crippen molar-refractivity contribution in [1.29, 1.82) is 0 Å². The van der Waals surface area contributed by atoms with Gasteiger partial charge in [-0.1, -0.05) is 13.3 Å². The lowest BCUT2D eigenvalue weighted by Gasteiger charge is -2.06. The summed E-state index contributed by atoms with van der Waals surface area (Å²) < 4.78 is 15.8.